The van der Waals surface area contributed by atoms with Gasteiger partial charge in [-0.1, -0.05) is 18.2 Å². The Morgan fingerprint density at radius 3 is 2.64 bits per heavy atom. The molecule has 3 rings (SSSR count). The Hall–Kier alpha value is -3.22. The fourth-order valence-corrected chi connectivity index (χ4v) is 2.55. The molecular formula is C18H18FN5O. The van der Waals surface area contributed by atoms with Crippen molar-refractivity contribution < 1.29 is 9.18 Å². The largest absolute Gasteiger partial charge is 0.334 e. The average molecular weight is 339 g/mol. The van der Waals surface area contributed by atoms with Gasteiger partial charge in [-0.15, -0.1) is 0 Å². The molecule has 0 atom stereocenters. The molecule has 0 saturated heterocycles. The van der Waals surface area contributed by atoms with E-state index in [2.05, 4.69) is 20.7 Å². The summed E-state index contributed by atoms with van der Waals surface area (Å²) in [5.74, 6) is -0.685. The van der Waals surface area contributed by atoms with Gasteiger partial charge >= 0.3 is 6.03 Å². The minimum Gasteiger partial charge on any atom is -0.334 e. The number of benzene rings is 1. The first-order chi connectivity index (χ1) is 12.1. The molecule has 2 aromatic heterocycles. The molecule has 25 heavy (non-hydrogen) atoms. The molecule has 2 amide bonds. The lowest BCUT2D eigenvalue weighted by Crippen LogP contribution is -2.29. The monoisotopic (exact) mass is 339 g/mol. The summed E-state index contributed by atoms with van der Waals surface area (Å²) in [6, 6.07) is 11.9. The molecule has 2 N–H and O–H groups in total. The van der Waals surface area contributed by atoms with Crippen molar-refractivity contribution in [3.8, 4) is 5.69 Å². The van der Waals surface area contributed by atoms with Crippen molar-refractivity contribution in [3.63, 3.8) is 0 Å². The van der Waals surface area contributed by atoms with Crippen LogP contribution in [0.2, 0.25) is 0 Å². The summed E-state index contributed by atoms with van der Waals surface area (Å²) in [5.41, 5.74) is 3.63. The number of carbonyl (C=O) groups is 1. The standard InChI is InChI=1S/C18H18FN5O/c1-12-15(13(2)24(23-12)14-7-4-3-5-8-14)11-21-18(25)22-17-16(19)9-6-10-20-17/h3-10H,11H2,1-2H3,(H2,20,21,22,25). The van der Waals surface area contributed by atoms with Crippen molar-refractivity contribution in [2.24, 2.45) is 0 Å². The molecule has 0 unspecified atom stereocenters. The number of urea groups is 1. The maximum atomic E-state index is 13.5. The lowest BCUT2D eigenvalue weighted by Gasteiger charge is -2.08. The summed E-state index contributed by atoms with van der Waals surface area (Å²) in [5, 5.41) is 9.63. The van der Waals surface area contributed by atoms with Crippen LogP contribution >= 0.6 is 0 Å². The van der Waals surface area contributed by atoms with Gasteiger partial charge in [0.15, 0.2) is 11.6 Å². The Kier molecular flexibility index (Phi) is 4.74. The molecule has 0 aliphatic carbocycles. The molecule has 0 fully saturated rings. The lowest BCUT2D eigenvalue weighted by atomic mass is 10.2. The van der Waals surface area contributed by atoms with E-state index in [-0.39, 0.29) is 12.4 Å². The molecule has 0 bridgehead atoms. The predicted molar refractivity (Wildman–Crippen MR) is 93.1 cm³/mol. The van der Waals surface area contributed by atoms with E-state index in [1.54, 1.807) is 0 Å². The summed E-state index contributed by atoms with van der Waals surface area (Å²) in [6.07, 6.45) is 1.41. The van der Waals surface area contributed by atoms with Crippen LogP contribution in [0.1, 0.15) is 17.0 Å². The number of halogens is 1. The number of aromatic nitrogens is 3. The van der Waals surface area contributed by atoms with Crippen molar-refractivity contribution in [1.82, 2.24) is 20.1 Å². The fourth-order valence-electron chi connectivity index (χ4n) is 2.55. The molecule has 0 aliphatic heterocycles. The summed E-state index contributed by atoms with van der Waals surface area (Å²) < 4.78 is 15.4. The minimum atomic E-state index is -0.582. The van der Waals surface area contributed by atoms with Crippen molar-refractivity contribution >= 4 is 11.8 Å². The molecule has 7 heteroatoms. The third-order valence-corrected chi connectivity index (χ3v) is 3.86. The van der Waals surface area contributed by atoms with E-state index in [0.717, 1.165) is 22.6 Å². The Labute approximate surface area is 144 Å². The van der Waals surface area contributed by atoms with Crippen LogP contribution in [0, 0.1) is 19.7 Å². The highest BCUT2D eigenvalue weighted by atomic mass is 19.1. The van der Waals surface area contributed by atoms with E-state index >= 15 is 0 Å². The predicted octanol–water partition coefficient (Wildman–Crippen LogP) is 3.34. The number of carbonyl (C=O) groups excluding carboxylic acids is 1. The van der Waals surface area contributed by atoms with Gasteiger partial charge in [0.2, 0.25) is 0 Å². The Morgan fingerprint density at radius 1 is 1.16 bits per heavy atom. The number of pyridine rings is 1. The van der Waals surface area contributed by atoms with E-state index in [1.807, 2.05) is 48.9 Å². The Bertz CT molecular complexity index is 892. The highest BCUT2D eigenvalue weighted by Gasteiger charge is 2.14. The molecule has 128 valence electrons. The number of anilines is 1. The van der Waals surface area contributed by atoms with Gasteiger partial charge in [0.25, 0.3) is 0 Å². The van der Waals surface area contributed by atoms with E-state index in [1.165, 1.54) is 18.3 Å². The number of hydrogen-bond donors (Lipinski definition) is 2. The zero-order valence-electron chi connectivity index (χ0n) is 14.0. The quantitative estimate of drug-likeness (QED) is 0.766. The number of nitrogens with one attached hydrogen (secondary N) is 2. The van der Waals surface area contributed by atoms with Crippen molar-refractivity contribution in [2.45, 2.75) is 20.4 Å². The first-order valence-electron chi connectivity index (χ1n) is 7.82. The number of para-hydroxylation sites is 1. The van der Waals surface area contributed by atoms with Crippen LogP contribution in [0.5, 0.6) is 0 Å². The number of nitrogens with zero attached hydrogens (tertiary/aromatic N) is 3. The second kappa shape index (κ2) is 7.12. The molecule has 0 aliphatic rings. The van der Waals surface area contributed by atoms with E-state index in [0.29, 0.717) is 0 Å². The van der Waals surface area contributed by atoms with E-state index in [4.69, 9.17) is 0 Å². The second-order valence-electron chi connectivity index (χ2n) is 5.54. The molecule has 0 radical (unpaired) electrons. The van der Waals surface area contributed by atoms with Crippen LogP contribution < -0.4 is 10.6 Å². The molecular weight excluding hydrogens is 321 g/mol. The van der Waals surface area contributed by atoms with Crippen molar-refractivity contribution in [2.75, 3.05) is 5.32 Å². The van der Waals surface area contributed by atoms with Crippen LogP contribution in [0.15, 0.2) is 48.7 Å². The topological polar surface area (TPSA) is 71.8 Å². The van der Waals surface area contributed by atoms with Crippen LogP contribution in [0.4, 0.5) is 15.0 Å². The van der Waals surface area contributed by atoms with Crippen molar-refractivity contribution in [1.29, 1.82) is 0 Å². The van der Waals surface area contributed by atoms with Crippen LogP contribution in [0.25, 0.3) is 5.69 Å². The van der Waals surface area contributed by atoms with Gasteiger partial charge in [0.1, 0.15) is 0 Å². The molecule has 6 nitrogen and oxygen atoms in total. The van der Waals surface area contributed by atoms with Gasteiger partial charge in [-0.3, -0.25) is 5.32 Å². The molecule has 0 spiro atoms. The highest BCUT2D eigenvalue weighted by molar-refractivity contribution is 5.88. The lowest BCUT2D eigenvalue weighted by molar-refractivity contribution is 0.251. The van der Waals surface area contributed by atoms with Gasteiger partial charge in [0, 0.05) is 24.0 Å². The second-order valence-corrected chi connectivity index (χ2v) is 5.54. The molecule has 2 heterocycles. The summed E-state index contributed by atoms with van der Waals surface area (Å²) in [7, 11) is 0. The first-order valence-corrected chi connectivity index (χ1v) is 7.82. The molecule has 0 saturated carbocycles. The number of rotatable bonds is 4. The van der Waals surface area contributed by atoms with Crippen LogP contribution in [0.3, 0.4) is 0 Å². The minimum absolute atomic E-state index is 0.103. The zero-order valence-corrected chi connectivity index (χ0v) is 14.0. The van der Waals surface area contributed by atoms with Gasteiger partial charge in [0.05, 0.1) is 11.4 Å². The maximum Gasteiger partial charge on any atom is 0.320 e. The highest BCUT2D eigenvalue weighted by Crippen LogP contribution is 2.17. The van der Waals surface area contributed by atoms with Crippen LogP contribution in [-0.2, 0) is 6.54 Å². The normalized spacial score (nSPS) is 10.5. The SMILES string of the molecule is Cc1nn(-c2ccccc2)c(C)c1CNC(=O)Nc1ncccc1F. The van der Waals surface area contributed by atoms with Gasteiger partial charge in [-0.25, -0.2) is 18.9 Å². The third kappa shape index (κ3) is 3.65. The van der Waals surface area contributed by atoms with Crippen LogP contribution in [-0.4, -0.2) is 20.8 Å². The first kappa shape index (κ1) is 16.6. The Balaban J connectivity index is 1.70. The van der Waals surface area contributed by atoms with Gasteiger partial charge in [-0.05, 0) is 38.1 Å². The zero-order chi connectivity index (χ0) is 17.8. The smallest absolute Gasteiger partial charge is 0.320 e. The molecule has 3 aromatic rings. The Morgan fingerprint density at radius 2 is 1.92 bits per heavy atom. The van der Waals surface area contributed by atoms with Gasteiger partial charge < -0.3 is 5.32 Å². The van der Waals surface area contributed by atoms with E-state index < -0.39 is 11.8 Å². The third-order valence-electron chi connectivity index (χ3n) is 3.86. The number of amides is 2. The van der Waals surface area contributed by atoms with Crippen molar-refractivity contribution in [3.05, 3.63) is 71.4 Å². The summed E-state index contributed by atoms with van der Waals surface area (Å²) >= 11 is 0. The maximum absolute atomic E-state index is 13.5. The number of aryl methyl sites for hydroxylation is 1. The average Bonchev–Trinajstić information content (AvgIpc) is 2.90. The van der Waals surface area contributed by atoms with E-state index in [9.17, 15) is 9.18 Å². The fraction of sp³-hybridized carbons (Fsp3) is 0.167. The summed E-state index contributed by atoms with van der Waals surface area (Å²) in [4.78, 5) is 15.8. The molecule has 1 aromatic carbocycles. The number of hydrogen-bond acceptors (Lipinski definition) is 3. The van der Waals surface area contributed by atoms with Gasteiger partial charge in [-0.2, -0.15) is 5.10 Å². The summed E-state index contributed by atoms with van der Waals surface area (Å²) in [6.45, 7) is 4.12.